The maximum atomic E-state index is 13.9. The van der Waals surface area contributed by atoms with Gasteiger partial charge in [0.15, 0.2) is 9.84 Å². The first-order chi connectivity index (χ1) is 22.7. The van der Waals surface area contributed by atoms with Crippen LogP contribution in [0.3, 0.4) is 0 Å². The number of hydrogen-bond acceptors (Lipinski definition) is 10. The van der Waals surface area contributed by atoms with Crippen LogP contribution in [-0.2, 0) is 14.6 Å². The van der Waals surface area contributed by atoms with Crippen LogP contribution >= 0.6 is 0 Å². The lowest BCUT2D eigenvalue weighted by atomic mass is 9.69. The van der Waals surface area contributed by atoms with Gasteiger partial charge in [-0.05, 0) is 80.1 Å². The van der Waals surface area contributed by atoms with Crippen molar-refractivity contribution in [3.8, 4) is 0 Å². The summed E-state index contributed by atoms with van der Waals surface area (Å²) >= 11 is 0. The lowest BCUT2D eigenvalue weighted by Crippen LogP contribution is -2.48. The summed E-state index contributed by atoms with van der Waals surface area (Å²) in [6, 6.07) is 12.6. The summed E-state index contributed by atoms with van der Waals surface area (Å²) in [7, 11) is 0.0717. The number of amides is 1. The summed E-state index contributed by atoms with van der Waals surface area (Å²) in [5.74, 6) is -0.946. The Morgan fingerprint density at radius 3 is 2.33 bits per heavy atom. The molecular weight excluding hydrogens is 634 g/mol. The lowest BCUT2D eigenvalue weighted by molar-refractivity contribution is -0.116. The highest BCUT2D eigenvalue weighted by atomic mass is 32.2. The fraction of sp³-hybridized carbons (Fsp3) is 0.639. The van der Waals surface area contributed by atoms with E-state index in [4.69, 9.17) is 0 Å². The molecule has 1 amide bonds. The molecule has 270 valence electrons. The van der Waals surface area contributed by atoms with E-state index in [1.807, 2.05) is 50.2 Å². The highest BCUT2D eigenvalue weighted by molar-refractivity contribution is 7.91. The summed E-state index contributed by atoms with van der Waals surface area (Å²) in [6.45, 7) is 6.18. The quantitative estimate of drug-likeness (QED) is 0.115. The number of nitrogens with zero attached hydrogens (tertiary/aromatic N) is 1. The van der Waals surface area contributed by atoms with E-state index in [0.717, 1.165) is 24.1 Å². The van der Waals surface area contributed by atoms with Crippen LogP contribution in [0.1, 0.15) is 89.2 Å². The molecule has 7 N–H and O–H groups in total. The third-order valence-electron chi connectivity index (χ3n) is 9.78. The molecule has 12 heteroatoms. The fourth-order valence-corrected chi connectivity index (χ4v) is 8.89. The normalized spacial score (nSPS) is 23.0. The topological polar surface area (TPSA) is 180 Å². The Morgan fingerprint density at radius 1 is 0.979 bits per heavy atom. The van der Waals surface area contributed by atoms with Gasteiger partial charge in [-0.15, -0.1) is 0 Å². The zero-order valence-corrected chi connectivity index (χ0v) is 29.9. The number of rotatable bonds is 18. The minimum absolute atomic E-state index is 0.0267. The Balaban J connectivity index is 1.74. The highest BCUT2D eigenvalue weighted by Gasteiger charge is 2.49. The number of hydrogen-bond donors (Lipinski definition) is 7. The second kappa shape index (κ2) is 17.9. The van der Waals surface area contributed by atoms with Crippen LogP contribution in [0.25, 0.3) is 0 Å². The van der Waals surface area contributed by atoms with E-state index in [2.05, 4.69) is 17.6 Å². The van der Waals surface area contributed by atoms with E-state index >= 15 is 0 Å². The molecule has 1 unspecified atom stereocenters. The van der Waals surface area contributed by atoms with E-state index in [-0.39, 0.29) is 35.9 Å². The number of carbonyl (C=O) groups is 1. The second-order valence-corrected chi connectivity index (χ2v) is 15.4. The Morgan fingerprint density at radius 2 is 1.69 bits per heavy atom. The van der Waals surface area contributed by atoms with Crippen molar-refractivity contribution >= 4 is 27.1 Å². The van der Waals surface area contributed by atoms with Crippen LogP contribution in [0, 0.1) is 5.41 Å². The predicted octanol–water partition coefficient (Wildman–Crippen LogP) is 3.17. The Hall–Kier alpha value is -2.58. The summed E-state index contributed by atoms with van der Waals surface area (Å²) in [6.07, 6.45) is -1.80. The van der Waals surface area contributed by atoms with Crippen LogP contribution in [0.15, 0.2) is 47.4 Å². The molecule has 0 bridgehead atoms. The van der Waals surface area contributed by atoms with Crippen LogP contribution in [0.4, 0.5) is 11.4 Å². The van der Waals surface area contributed by atoms with Crippen molar-refractivity contribution < 1.29 is 38.7 Å². The van der Waals surface area contributed by atoms with E-state index in [9.17, 15) is 38.7 Å². The number of carbonyl (C=O) groups excluding carboxylic acids is 1. The first-order valence-electron chi connectivity index (χ1n) is 17.3. The smallest absolute Gasteiger partial charge is 0.224 e. The molecule has 3 rings (SSSR count). The molecule has 1 heterocycles. The lowest BCUT2D eigenvalue weighted by Gasteiger charge is -2.39. The van der Waals surface area contributed by atoms with Gasteiger partial charge in [0.1, 0.15) is 12.2 Å². The fourth-order valence-electron chi connectivity index (χ4n) is 6.64. The number of aliphatic hydroxyl groups excluding tert-OH is 5. The molecule has 0 saturated carbocycles. The minimum Gasteiger partial charge on any atom is -0.392 e. The first kappa shape index (κ1) is 39.9. The van der Waals surface area contributed by atoms with Crippen molar-refractivity contribution in [3.05, 3.63) is 53.6 Å². The van der Waals surface area contributed by atoms with Gasteiger partial charge < -0.3 is 41.1 Å². The van der Waals surface area contributed by atoms with Crippen molar-refractivity contribution in [1.29, 1.82) is 0 Å². The molecular formula is C36H57N3O8S. The summed E-state index contributed by atoms with van der Waals surface area (Å²) < 4.78 is 27.8. The molecule has 2 aromatic rings. The maximum absolute atomic E-state index is 13.9. The van der Waals surface area contributed by atoms with Crippen molar-refractivity contribution in [1.82, 2.24) is 5.32 Å². The molecule has 0 aromatic heterocycles. The molecule has 0 aliphatic carbocycles. The molecule has 0 spiro atoms. The van der Waals surface area contributed by atoms with Gasteiger partial charge in [-0.3, -0.25) is 4.79 Å². The Kier molecular flexibility index (Phi) is 14.9. The predicted molar refractivity (Wildman–Crippen MR) is 189 cm³/mol. The SMILES string of the molecule is CCCC[C@]1(CC)CS(=O)(=O)c2ccc(N(C)C)cc2C(c2cccc(NC(=O)CCCCNC[C@H](O)[C@@H](O)[C@H](O)[C@H](O)CC)c2)[C@H]1O. The third kappa shape index (κ3) is 9.77. The van der Waals surface area contributed by atoms with Gasteiger partial charge >= 0.3 is 0 Å². The van der Waals surface area contributed by atoms with Gasteiger partial charge in [-0.25, -0.2) is 8.42 Å². The van der Waals surface area contributed by atoms with Gasteiger partial charge in [-0.2, -0.15) is 0 Å². The second-order valence-electron chi connectivity index (χ2n) is 13.5. The van der Waals surface area contributed by atoms with E-state index < -0.39 is 51.7 Å². The molecule has 0 saturated heterocycles. The standard InChI is InChI=1S/C36H57N3O8S/c1-6-9-18-36(8-3)23-48(46,47)30-17-16-26(39(4)5)21-27(30)32(35(36)45)24-13-12-14-25(20-24)38-31(42)15-10-11-19-37-22-29(41)34(44)33(43)28(40)7-2/h12-14,16-17,20-21,28-29,32-35,37,40-41,43-45H,6-11,15,18-19,22-23H2,1-5H3,(H,38,42)/t28-,29+,32?,33-,34-,35-,36-/m1/s1. The zero-order valence-electron chi connectivity index (χ0n) is 29.1. The summed E-state index contributed by atoms with van der Waals surface area (Å²) in [5, 5.41) is 57.8. The number of unbranched alkanes of at least 4 members (excludes halogenated alkanes) is 2. The third-order valence-corrected chi connectivity index (χ3v) is 11.8. The van der Waals surface area contributed by atoms with Crippen LogP contribution in [-0.4, -0.2) is 103 Å². The molecule has 2 aromatic carbocycles. The van der Waals surface area contributed by atoms with Crippen molar-refractivity contribution in [2.75, 3.05) is 43.2 Å². The van der Waals surface area contributed by atoms with E-state index in [0.29, 0.717) is 43.5 Å². The number of nitrogens with one attached hydrogen (secondary N) is 2. The number of sulfone groups is 1. The average molecular weight is 692 g/mol. The number of benzene rings is 2. The van der Waals surface area contributed by atoms with Gasteiger partial charge in [0.05, 0.1) is 29.0 Å². The van der Waals surface area contributed by atoms with E-state index in [1.165, 1.54) is 0 Å². The van der Waals surface area contributed by atoms with Crippen molar-refractivity contribution in [2.45, 2.75) is 113 Å². The van der Waals surface area contributed by atoms with Gasteiger partial charge in [0.2, 0.25) is 5.91 Å². The van der Waals surface area contributed by atoms with Gasteiger partial charge in [-0.1, -0.05) is 45.7 Å². The summed E-state index contributed by atoms with van der Waals surface area (Å²) in [4.78, 5) is 15.0. The maximum Gasteiger partial charge on any atom is 0.224 e. The molecule has 7 atom stereocenters. The monoisotopic (exact) mass is 691 g/mol. The van der Waals surface area contributed by atoms with Gasteiger partial charge in [0, 0.05) is 49.8 Å². The largest absolute Gasteiger partial charge is 0.392 e. The zero-order chi connectivity index (χ0) is 35.6. The number of fused-ring (bicyclic) bond motifs is 1. The Bertz CT molecular complexity index is 1440. The number of anilines is 2. The molecule has 1 aliphatic rings. The molecule has 0 radical (unpaired) electrons. The first-order valence-corrected chi connectivity index (χ1v) is 18.9. The minimum atomic E-state index is -3.71. The van der Waals surface area contributed by atoms with Crippen LogP contribution < -0.4 is 15.5 Å². The number of aliphatic hydroxyl groups is 5. The van der Waals surface area contributed by atoms with Gasteiger partial charge in [0.25, 0.3) is 0 Å². The highest BCUT2D eigenvalue weighted by Crippen LogP contribution is 2.49. The van der Waals surface area contributed by atoms with Crippen LogP contribution in [0.2, 0.25) is 0 Å². The molecule has 48 heavy (non-hydrogen) atoms. The average Bonchev–Trinajstić information content (AvgIpc) is 3.13. The van der Waals surface area contributed by atoms with Crippen LogP contribution in [0.5, 0.6) is 0 Å². The Labute approximate surface area is 286 Å². The summed E-state index contributed by atoms with van der Waals surface area (Å²) in [5.41, 5.74) is 1.84. The van der Waals surface area contributed by atoms with Crippen molar-refractivity contribution in [2.24, 2.45) is 5.41 Å². The molecule has 11 nitrogen and oxygen atoms in total. The molecule has 1 aliphatic heterocycles. The molecule has 0 fully saturated rings. The van der Waals surface area contributed by atoms with E-state index in [1.54, 1.807) is 25.1 Å². The van der Waals surface area contributed by atoms with Crippen molar-refractivity contribution in [3.63, 3.8) is 0 Å².